The summed E-state index contributed by atoms with van der Waals surface area (Å²) in [7, 11) is 1.61. The molecule has 1 aromatic heterocycles. The maximum atomic E-state index is 5.70. The van der Waals surface area contributed by atoms with Gasteiger partial charge in [0.1, 0.15) is 0 Å². The van der Waals surface area contributed by atoms with Gasteiger partial charge in [-0.15, -0.1) is 11.6 Å². The summed E-state index contributed by atoms with van der Waals surface area (Å²) in [6, 6.07) is 2.03. The summed E-state index contributed by atoms with van der Waals surface area (Å²) in [5.41, 5.74) is 3.05. The molecule has 1 rings (SSSR count). The molecule has 0 radical (unpaired) electrons. The van der Waals surface area contributed by atoms with Gasteiger partial charge in [-0.2, -0.15) is 0 Å². The summed E-state index contributed by atoms with van der Waals surface area (Å²) in [6.07, 6.45) is 0. The van der Waals surface area contributed by atoms with Crippen LogP contribution in [-0.2, 0) is 5.88 Å². The summed E-state index contributed by atoms with van der Waals surface area (Å²) in [5.74, 6) is 1.10. The highest BCUT2D eigenvalue weighted by Crippen LogP contribution is 2.18. The van der Waals surface area contributed by atoms with E-state index in [9.17, 15) is 0 Å². The number of methoxy groups -OCH3 is 1. The van der Waals surface area contributed by atoms with E-state index in [4.69, 9.17) is 16.3 Å². The Morgan fingerprint density at radius 1 is 1.42 bits per heavy atom. The molecule has 1 aromatic rings. The average molecular weight is 186 g/mol. The fourth-order valence-corrected chi connectivity index (χ4v) is 1.38. The van der Waals surface area contributed by atoms with Gasteiger partial charge in [-0.05, 0) is 25.5 Å². The Bertz CT molecular complexity index is 261. The van der Waals surface area contributed by atoms with Crippen LogP contribution in [0.3, 0.4) is 0 Å². The van der Waals surface area contributed by atoms with Gasteiger partial charge in [0.25, 0.3) is 0 Å². The second-order valence-electron chi connectivity index (χ2n) is 2.71. The van der Waals surface area contributed by atoms with Crippen LogP contribution >= 0.6 is 11.6 Å². The molecule has 1 heterocycles. The maximum absolute atomic E-state index is 5.70. The Hall–Kier alpha value is -0.760. The molecule has 0 unspecified atom stereocenters. The van der Waals surface area contributed by atoms with Crippen molar-refractivity contribution >= 4 is 11.6 Å². The largest absolute Gasteiger partial charge is 0.481 e. The SMILES string of the molecule is COc1nc(CCl)c(C)cc1C. The molecule has 0 atom stereocenters. The molecule has 0 aliphatic rings. The minimum absolute atomic E-state index is 0.433. The van der Waals surface area contributed by atoms with Crippen molar-refractivity contribution in [3.05, 3.63) is 22.9 Å². The number of nitrogens with zero attached hydrogens (tertiary/aromatic N) is 1. The molecule has 0 amide bonds. The predicted molar refractivity (Wildman–Crippen MR) is 49.8 cm³/mol. The van der Waals surface area contributed by atoms with Gasteiger partial charge < -0.3 is 4.74 Å². The number of hydrogen-bond acceptors (Lipinski definition) is 2. The third-order valence-corrected chi connectivity index (χ3v) is 2.04. The third kappa shape index (κ3) is 1.69. The first-order chi connectivity index (χ1) is 5.69. The van der Waals surface area contributed by atoms with E-state index in [2.05, 4.69) is 4.98 Å². The first kappa shape index (κ1) is 9.33. The van der Waals surface area contributed by atoms with E-state index in [-0.39, 0.29) is 0 Å². The van der Waals surface area contributed by atoms with Crippen molar-refractivity contribution in [3.8, 4) is 5.88 Å². The van der Waals surface area contributed by atoms with Gasteiger partial charge >= 0.3 is 0 Å². The number of ether oxygens (including phenoxy) is 1. The Morgan fingerprint density at radius 3 is 2.58 bits per heavy atom. The minimum Gasteiger partial charge on any atom is -0.481 e. The second-order valence-corrected chi connectivity index (χ2v) is 2.98. The van der Waals surface area contributed by atoms with Gasteiger partial charge in [-0.1, -0.05) is 0 Å². The van der Waals surface area contributed by atoms with Crippen LogP contribution in [0.2, 0.25) is 0 Å². The average Bonchev–Trinajstić information content (AvgIpc) is 2.05. The highest BCUT2D eigenvalue weighted by Gasteiger charge is 2.04. The van der Waals surface area contributed by atoms with Crippen molar-refractivity contribution in [1.82, 2.24) is 4.98 Å². The number of alkyl halides is 1. The van der Waals surface area contributed by atoms with Crippen molar-refractivity contribution in [1.29, 1.82) is 0 Å². The van der Waals surface area contributed by atoms with Crippen LogP contribution in [0.4, 0.5) is 0 Å². The zero-order chi connectivity index (χ0) is 9.14. The smallest absolute Gasteiger partial charge is 0.216 e. The Balaban J connectivity index is 3.18. The first-order valence-electron chi connectivity index (χ1n) is 3.76. The molecule has 0 saturated heterocycles. The Morgan fingerprint density at radius 2 is 2.08 bits per heavy atom. The van der Waals surface area contributed by atoms with Gasteiger partial charge in [-0.25, -0.2) is 4.98 Å². The van der Waals surface area contributed by atoms with E-state index < -0.39 is 0 Å². The molecule has 0 saturated carbocycles. The molecule has 0 bridgehead atoms. The van der Waals surface area contributed by atoms with Gasteiger partial charge in [0.15, 0.2) is 0 Å². The molecule has 12 heavy (non-hydrogen) atoms. The quantitative estimate of drug-likeness (QED) is 0.661. The lowest BCUT2D eigenvalue weighted by molar-refractivity contribution is 0.393. The highest BCUT2D eigenvalue weighted by molar-refractivity contribution is 6.17. The Labute approximate surface area is 77.5 Å². The molecule has 0 N–H and O–H groups in total. The van der Waals surface area contributed by atoms with Crippen LogP contribution in [0.15, 0.2) is 6.07 Å². The lowest BCUT2D eigenvalue weighted by atomic mass is 10.2. The van der Waals surface area contributed by atoms with Gasteiger partial charge in [-0.3, -0.25) is 0 Å². The van der Waals surface area contributed by atoms with Crippen LogP contribution in [0.5, 0.6) is 5.88 Å². The molecule has 0 spiro atoms. The minimum atomic E-state index is 0.433. The third-order valence-electron chi connectivity index (χ3n) is 1.78. The van der Waals surface area contributed by atoms with Crippen molar-refractivity contribution in [2.24, 2.45) is 0 Å². The first-order valence-corrected chi connectivity index (χ1v) is 4.29. The van der Waals surface area contributed by atoms with Gasteiger partial charge in [0.05, 0.1) is 18.7 Å². The number of aryl methyl sites for hydroxylation is 2. The van der Waals surface area contributed by atoms with Crippen LogP contribution in [-0.4, -0.2) is 12.1 Å². The van der Waals surface area contributed by atoms with E-state index in [0.717, 1.165) is 16.8 Å². The maximum Gasteiger partial charge on any atom is 0.216 e. The van der Waals surface area contributed by atoms with Crippen molar-refractivity contribution in [3.63, 3.8) is 0 Å². The summed E-state index contributed by atoms with van der Waals surface area (Å²) in [5, 5.41) is 0. The molecular formula is C9H12ClNO. The van der Waals surface area contributed by atoms with E-state index in [1.165, 1.54) is 0 Å². The molecule has 0 fully saturated rings. The number of aromatic nitrogens is 1. The van der Waals surface area contributed by atoms with Crippen molar-refractivity contribution in [2.75, 3.05) is 7.11 Å². The zero-order valence-electron chi connectivity index (χ0n) is 7.52. The predicted octanol–water partition coefficient (Wildman–Crippen LogP) is 2.45. The molecule has 0 aromatic carbocycles. The number of hydrogen-bond donors (Lipinski definition) is 0. The zero-order valence-corrected chi connectivity index (χ0v) is 8.27. The lowest BCUT2D eigenvalue weighted by Gasteiger charge is -2.07. The van der Waals surface area contributed by atoms with Crippen LogP contribution in [0.1, 0.15) is 16.8 Å². The van der Waals surface area contributed by atoms with E-state index in [0.29, 0.717) is 11.8 Å². The molecule has 0 aliphatic heterocycles. The normalized spacial score (nSPS) is 10.0. The second kappa shape index (κ2) is 3.76. The summed E-state index contributed by atoms with van der Waals surface area (Å²) in [4.78, 5) is 4.25. The van der Waals surface area contributed by atoms with Crippen molar-refractivity contribution in [2.45, 2.75) is 19.7 Å². The molecule has 3 heteroatoms. The summed E-state index contributed by atoms with van der Waals surface area (Å²) in [6.45, 7) is 3.97. The standard InChI is InChI=1S/C9H12ClNO/c1-6-4-7(2)9(12-3)11-8(6)5-10/h4H,5H2,1-3H3. The lowest BCUT2D eigenvalue weighted by Crippen LogP contribution is -1.97. The van der Waals surface area contributed by atoms with Crippen LogP contribution in [0, 0.1) is 13.8 Å². The number of pyridine rings is 1. The number of rotatable bonds is 2. The topological polar surface area (TPSA) is 22.1 Å². The van der Waals surface area contributed by atoms with Crippen LogP contribution < -0.4 is 4.74 Å². The van der Waals surface area contributed by atoms with E-state index in [1.807, 2.05) is 19.9 Å². The summed E-state index contributed by atoms with van der Waals surface area (Å²) < 4.78 is 5.07. The number of halogens is 1. The Kier molecular flexibility index (Phi) is 2.93. The molecule has 0 aliphatic carbocycles. The van der Waals surface area contributed by atoms with Crippen LogP contribution in [0.25, 0.3) is 0 Å². The molecular weight excluding hydrogens is 174 g/mol. The van der Waals surface area contributed by atoms with E-state index in [1.54, 1.807) is 7.11 Å². The van der Waals surface area contributed by atoms with Gasteiger partial charge in [0.2, 0.25) is 5.88 Å². The molecule has 66 valence electrons. The monoisotopic (exact) mass is 185 g/mol. The fraction of sp³-hybridized carbons (Fsp3) is 0.444. The van der Waals surface area contributed by atoms with Gasteiger partial charge in [0, 0.05) is 5.56 Å². The van der Waals surface area contributed by atoms with Crippen molar-refractivity contribution < 1.29 is 4.74 Å². The summed E-state index contributed by atoms with van der Waals surface area (Å²) >= 11 is 5.70. The molecule has 2 nitrogen and oxygen atoms in total. The highest BCUT2D eigenvalue weighted by atomic mass is 35.5. The fourth-order valence-electron chi connectivity index (χ4n) is 1.11. The van der Waals surface area contributed by atoms with E-state index >= 15 is 0 Å².